The topological polar surface area (TPSA) is 67.4 Å². The maximum atomic E-state index is 12.5. The van der Waals surface area contributed by atoms with E-state index in [4.69, 9.17) is 27.9 Å². The number of amides is 2. The van der Waals surface area contributed by atoms with Crippen LogP contribution in [0.25, 0.3) is 0 Å². The minimum absolute atomic E-state index is 0.233. The normalized spacial score (nSPS) is 11.4. The molecule has 0 aliphatic heterocycles. The number of anilines is 2. The van der Waals surface area contributed by atoms with Crippen LogP contribution in [0.1, 0.15) is 17.3 Å². The zero-order valence-corrected chi connectivity index (χ0v) is 17.0. The number of halogens is 2. The molecule has 0 spiro atoms. The summed E-state index contributed by atoms with van der Waals surface area (Å²) in [6, 6.07) is 20.5. The van der Waals surface area contributed by atoms with Gasteiger partial charge in [-0.15, -0.1) is 0 Å². The maximum absolute atomic E-state index is 12.5. The van der Waals surface area contributed by atoms with Crippen molar-refractivity contribution >= 4 is 46.4 Å². The van der Waals surface area contributed by atoms with E-state index in [1.165, 1.54) is 0 Å². The standard InChI is InChI=1S/C22H18Cl2N2O3/c1-14(29-20-11-10-16(23)12-19(20)24)21(27)25-17-8-5-9-18(13-17)26-22(28)15-6-3-2-4-7-15/h2-14H,1H3,(H,25,27)(H,26,28). The average molecular weight is 429 g/mol. The number of hydrogen-bond acceptors (Lipinski definition) is 3. The second kappa shape index (κ2) is 9.45. The summed E-state index contributed by atoms with van der Waals surface area (Å²) in [7, 11) is 0. The lowest BCUT2D eigenvalue weighted by molar-refractivity contribution is -0.122. The molecule has 0 aliphatic carbocycles. The first-order valence-corrected chi connectivity index (χ1v) is 9.57. The summed E-state index contributed by atoms with van der Waals surface area (Å²) in [6.07, 6.45) is -0.795. The Morgan fingerprint density at radius 3 is 2.24 bits per heavy atom. The van der Waals surface area contributed by atoms with Crippen molar-refractivity contribution in [2.75, 3.05) is 10.6 Å². The van der Waals surface area contributed by atoms with Crippen LogP contribution in [0, 0.1) is 0 Å². The van der Waals surface area contributed by atoms with Crippen molar-refractivity contribution in [3.63, 3.8) is 0 Å². The van der Waals surface area contributed by atoms with E-state index in [2.05, 4.69) is 10.6 Å². The molecule has 0 aromatic heterocycles. The van der Waals surface area contributed by atoms with Crippen molar-refractivity contribution in [3.05, 3.63) is 88.4 Å². The van der Waals surface area contributed by atoms with Crippen LogP contribution in [-0.4, -0.2) is 17.9 Å². The van der Waals surface area contributed by atoms with Gasteiger partial charge in [-0.1, -0.05) is 47.5 Å². The van der Waals surface area contributed by atoms with Gasteiger partial charge in [0.25, 0.3) is 11.8 Å². The highest BCUT2D eigenvalue weighted by molar-refractivity contribution is 6.35. The van der Waals surface area contributed by atoms with Crippen LogP contribution in [-0.2, 0) is 4.79 Å². The van der Waals surface area contributed by atoms with E-state index in [9.17, 15) is 9.59 Å². The Bertz CT molecular complexity index is 1030. The Morgan fingerprint density at radius 1 is 0.862 bits per heavy atom. The number of carbonyl (C=O) groups excluding carboxylic acids is 2. The molecule has 0 saturated carbocycles. The molecule has 5 nitrogen and oxygen atoms in total. The van der Waals surface area contributed by atoms with Crippen LogP contribution in [0.2, 0.25) is 10.0 Å². The number of benzene rings is 3. The Hall–Kier alpha value is -3.02. The summed E-state index contributed by atoms with van der Waals surface area (Å²) in [6.45, 7) is 1.61. The molecule has 1 unspecified atom stereocenters. The second-order valence-electron chi connectivity index (χ2n) is 6.23. The van der Waals surface area contributed by atoms with Crippen molar-refractivity contribution in [2.45, 2.75) is 13.0 Å². The van der Waals surface area contributed by atoms with E-state index in [1.807, 2.05) is 6.07 Å². The van der Waals surface area contributed by atoms with Gasteiger partial charge in [0.2, 0.25) is 0 Å². The first-order chi connectivity index (χ1) is 13.9. The molecule has 7 heteroatoms. The van der Waals surface area contributed by atoms with Gasteiger partial charge in [-0.05, 0) is 55.5 Å². The predicted molar refractivity (Wildman–Crippen MR) is 116 cm³/mol. The molecule has 0 fully saturated rings. The summed E-state index contributed by atoms with van der Waals surface area (Å²) in [5, 5.41) is 6.37. The molecule has 0 aliphatic rings. The summed E-state index contributed by atoms with van der Waals surface area (Å²) in [5.41, 5.74) is 1.63. The third kappa shape index (κ3) is 5.73. The fourth-order valence-electron chi connectivity index (χ4n) is 2.53. The average Bonchev–Trinajstić information content (AvgIpc) is 2.71. The van der Waals surface area contributed by atoms with Crippen LogP contribution >= 0.6 is 23.2 Å². The molecule has 3 aromatic rings. The van der Waals surface area contributed by atoms with E-state index in [0.29, 0.717) is 32.7 Å². The van der Waals surface area contributed by atoms with Crippen LogP contribution in [0.5, 0.6) is 5.75 Å². The summed E-state index contributed by atoms with van der Waals surface area (Å²) in [4.78, 5) is 24.7. The van der Waals surface area contributed by atoms with E-state index < -0.39 is 6.10 Å². The molecule has 0 bridgehead atoms. The number of rotatable bonds is 6. The summed E-state index contributed by atoms with van der Waals surface area (Å²) >= 11 is 11.9. The van der Waals surface area contributed by atoms with E-state index in [0.717, 1.165) is 0 Å². The minimum atomic E-state index is -0.795. The molecule has 0 saturated heterocycles. The number of ether oxygens (including phenoxy) is 1. The maximum Gasteiger partial charge on any atom is 0.265 e. The first kappa shape index (κ1) is 20.7. The fourth-order valence-corrected chi connectivity index (χ4v) is 2.98. The molecule has 3 rings (SSSR count). The Balaban J connectivity index is 1.63. The van der Waals surface area contributed by atoms with Crippen LogP contribution in [0.3, 0.4) is 0 Å². The highest BCUT2D eigenvalue weighted by atomic mass is 35.5. The highest BCUT2D eigenvalue weighted by Gasteiger charge is 2.17. The molecule has 2 N–H and O–H groups in total. The van der Waals surface area contributed by atoms with E-state index >= 15 is 0 Å². The van der Waals surface area contributed by atoms with Crippen molar-refractivity contribution in [3.8, 4) is 5.75 Å². The lowest BCUT2D eigenvalue weighted by Gasteiger charge is -2.16. The van der Waals surface area contributed by atoms with Crippen LogP contribution in [0.4, 0.5) is 11.4 Å². The molecular weight excluding hydrogens is 411 g/mol. The van der Waals surface area contributed by atoms with Gasteiger partial charge in [0.15, 0.2) is 6.10 Å². The largest absolute Gasteiger partial charge is 0.479 e. The van der Waals surface area contributed by atoms with Crippen LogP contribution < -0.4 is 15.4 Å². The lowest BCUT2D eigenvalue weighted by Crippen LogP contribution is -2.30. The number of nitrogens with one attached hydrogen (secondary N) is 2. The van der Waals surface area contributed by atoms with Gasteiger partial charge >= 0.3 is 0 Å². The zero-order chi connectivity index (χ0) is 20.8. The monoisotopic (exact) mass is 428 g/mol. The minimum Gasteiger partial charge on any atom is -0.479 e. The van der Waals surface area contributed by atoms with Gasteiger partial charge in [0, 0.05) is 22.0 Å². The molecule has 3 aromatic carbocycles. The lowest BCUT2D eigenvalue weighted by atomic mass is 10.2. The molecule has 148 valence electrons. The SMILES string of the molecule is CC(Oc1ccc(Cl)cc1Cl)C(=O)Nc1cccc(NC(=O)c2ccccc2)c1. The number of hydrogen-bond donors (Lipinski definition) is 2. The molecule has 1 atom stereocenters. The predicted octanol–water partition coefficient (Wildman–Crippen LogP) is 5.65. The second-order valence-corrected chi connectivity index (χ2v) is 7.07. The van der Waals surface area contributed by atoms with Gasteiger partial charge in [-0.25, -0.2) is 0 Å². The van der Waals surface area contributed by atoms with Gasteiger partial charge in [-0.3, -0.25) is 9.59 Å². The third-order valence-electron chi connectivity index (χ3n) is 3.99. The Labute approximate surface area is 178 Å². The fraction of sp³-hybridized carbons (Fsp3) is 0.0909. The number of carbonyl (C=O) groups is 2. The molecule has 0 heterocycles. The molecule has 29 heavy (non-hydrogen) atoms. The quantitative estimate of drug-likeness (QED) is 0.532. The van der Waals surface area contributed by atoms with Gasteiger partial charge in [0.1, 0.15) is 5.75 Å². The third-order valence-corrected chi connectivity index (χ3v) is 4.52. The first-order valence-electron chi connectivity index (χ1n) is 8.81. The van der Waals surface area contributed by atoms with Crippen molar-refractivity contribution < 1.29 is 14.3 Å². The smallest absolute Gasteiger partial charge is 0.265 e. The zero-order valence-electron chi connectivity index (χ0n) is 15.5. The van der Waals surface area contributed by atoms with Gasteiger partial charge in [0.05, 0.1) is 5.02 Å². The van der Waals surface area contributed by atoms with Crippen molar-refractivity contribution in [1.82, 2.24) is 0 Å². The van der Waals surface area contributed by atoms with Crippen LogP contribution in [0.15, 0.2) is 72.8 Å². The molecule has 0 radical (unpaired) electrons. The van der Waals surface area contributed by atoms with Crippen molar-refractivity contribution in [1.29, 1.82) is 0 Å². The van der Waals surface area contributed by atoms with Gasteiger partial charge in [-0.2, -0.15) is 0 Å². The van der Waals surface area contributed by atoms with Gasteiger partial charge < -0.3 is 15.4 Å². The Kier molecular flexibility index (Phi) is 6.75. The van der Waals surface area contributed by atoms with E-state index in [-0.39, 0.29) is 11.8 Å². The Morgan fingerprint density at radius 2 is 1.55 bits per heavy atom. The van der Waals surface area contributed by atoms with E-state index in [1.54, 1.807) is 73.7 Å². The summed E-state index contributed by atoms with van der Waals surface area (Å²) in [5.74, 6) is -0.228. The molecular formula is C22H18Cl2N2O3. The highest BCUT2D eigenvalue weighted by Crippen LogP contribution is 2.28. The van der Waals surface area contributed by atoms with Crippen molar-refractivity contribution in [2.24, 2.45) is 0 Å². The molecule has 2 amide bonds. The summed E-state index contributed by atoms with van der Waals surface area (Å²) < 4.78 is 5.61.